The van der Waals surface area contributed by atoms with Crippen molar-refractivity contribution in [3.8, 4) is 0 Å². The Labute approximate surface area is 126 Å². The maximum Gasteiger partial charge on any atom is 0.0783 e. The number of halogens is 2. The first-order chi connectivity index (χ1) is 8.90. The molecule has 6 heteroatoms. The molecule has 19 heavy (non-hydrogen) atoms. The van der Waals surface area contributed by atoms with E-state index in [0.29, 0.717) is 27.4 Å². The lowest BCUT2D eigenvalue weighted by Crippen LogP contribution is -2.33. The summed E-state index contributed by atoms with van der Waals surface area (Å²) >= 11 is 11.7. The van der Waals surface area contributed by atoms with E-state index >= 15 is 0 Å². The first-order valence-electron chi connectivity index (χ1n) is 6.12. The first kappa shape index (κ1) is 16.9. The summed E-state index contributed by atoms with van der Waals surface area (Å²) in [6, 6.07) is 4.85. The summed E-state index contributed by atoms with van der Waals surface area (Å²) in [5.41, 5.74) is 0. The van der Waals surface area contributed by atoms with Crippen molar-refractivity contribution in [2.75, 3.05) is 18.8 Å². The van der Waals surface area contributed by atoms with E-state index in [0.717, 1.165) is 6.54 Å². The van der Waals surface area contributed by atoms with Crippen LogP contribution in [0.3, 0.4) is 0 Å². The van der Waals surface area contributed by atoms with E-state index in [9.17, 15) is 9.32 Å². The fourth-order valence-electron chi connectivity index (χ4n) is 1.49. The van der Waals surface area contributed by atoms with Crippen molar-refractivity contribution in [2.45, 2.75) is 24.8 Å². The van der Waals surface area contributed by atoms with E-state index in [1.54, 1.807) is 18.2 Å². The van der Waals surface area contributed by atoms with Gasteiger partial charge in [0.1, 0.15) is 0 Å². The number of hydrogen-bond donors (Lipinski definition) is 2. The number of nitrogens with one attached hydrogen (secondary N) is 1. The van der Waals surface area contributed by atoms with Gasteiger partial charge in [-0.3, -0.25) is 4.21 Å². The molecule has 1 rings (SSSR count). The van der Waals surface area contributed by atoms with Crippen LogP contribution in [-0.4, -0.2) is 34.3 Å². The largest absolute Gasteiger partial charge is 0.391 e. The van der Waals surface area contributed by atoms with Gasteiger partial charge in [0.2, 0.25) is 0 Å². The Hall–Kier alpha value is -0.130. The van der Waals surface area contributed by atoms with Crippen molar-refractivity contribution in [1.29, 1.82) is 0 Å². The second kappa shape index (κ2) is 8.22. The Kier molecular flexibility index (Phi) is 7.32. The third-order valence-electron chi connectivity index (χ3n) is 2.43. The maximum atomic E-state index is 12.0. The summed E-state index contributed by atoms with van der Waals surface area (Å²) in [5, 5.41) is 13.7. The van der Waals surface area contributed by atoms with E-state index in [4.69, 9.17) is 23.2 Å². The zero-order valence-electron chi connectivity index (χ0n) is 11.0. The Morgan fingerprint density at radius 3 is 2.53 bits per heavy atom. The molecule has 0 saturated heterocycles. The molecule has 1 aromatic rings. The van der Waals surface area contributed by atoms with Gasteiger partial charge in [0.05, 0.1) is 32.7 Å². The molecule has 0 saturated carbocycles. The highest BCUT2D eigenvalue weighted by atomic mass is 35.5. The zero-order valence-corrected chi connectivity index (χ0v) is 13.4. The molecule has 1 aromatic carbocycles. The maximum absolute atomic E-state index is 12.0. The van der Waals surface area contributed by atoms with Gasteiger partial charge in [-0.2, -0.15) is 0 Å². The van der Waals surface area contributed by atoms with Crippen molar-refractivity contribution in [1.82, 2.24) is 5.32 Å². The molecule has 0 amide bonds. The summed E-state index contributed by atoms with van der Waals surface area (Å²) < 4.78 is 12.0. The molecule has 2 atom stereocenters. The number of rotatable bonds is 7. The fraction of sp³-hybridized carbons (Fsp3) is 0.538. The third kappa shape index (κ3) is 6.23. The normalized spacial score (nSPS) is 14.6. The molecule has 0 heterocycles. The standard InChI is InChI=1S/C13H19Cl2NO2S/c1-9(2)6-16-7-10(17)8-19(18)11-3-4-12(14)13(15)5-11/h3-5,9-10,16-17H,6-8H2,1-2H3. The van der Waals surface area contributed by atoms with Crippen molar-refractivity contribution >= 4 is 34.0 Å². The van der Waals surface area contributed by atoms with Crippen LogP contribution < -0.4 is 5.32 Å². The molecule has 0 aliphatic rings. The van der Waals surface area contributed by atoms with Gasteiger partial charge in [-0.1, -0.05) is 37.0 Å². The van der Waals surface area contributed by atoms with Gasteiger partial charge in [0.25, 0.3) is 0 Å². The van der Waals surface area contributed by atoms with Crippen LogP contribution in [0, 0.1) is 5.92 Å². The van der Waals surface area contributed by atoms with Gasteiger partial charge in [0.15, 0.2) is 0 Å². The fourth-order valence-corrected chi connectivity index (χ4v) is 2.98. The molecule has 0 aromatic heterocycles. The lowest BCUT2D eigenvalue weighted by molar-refractivity contribution is 0.193. The van der Waals surface area contributed by atoms with E-state index in [1.807, 2.05) is 0 Å². The minimum absolute atomic E-state index is 0.184. The lowest BCUT2D eigenvalue weighted by atomic mass is 10.2. The minimum Gasteiger partial charge on any atom is -0.391 e. The van der Waals surface area contributed by atoms with E-state index < -0.39 is 16.9 Å². The van der Waals surface area contributed by atoms with Crippen molar-refractivity contribution < 1.29 is 9.32 Å². The van der Waals surface area contributed by atoms with Gasteiger partial charge in [-0.05, 0) is 30.7 Å². The van der Waals surface area contributed by atoms with Gasteiger partial charge in [-0.15, -0.1) is 0 Å². The van der Waals surface area contributed by atoms with Gasteiger partial charge < -0.3 is 10.4 Å². The SMILES string of the molecule is CC(C)CNCC(O)CS(=O)c1ccc(Cl)c(Cl)c1. The average molecular weight is 324 g/mol. The third-order valence-corrected chi connectivity index (χ3v) is 4.64. The van der Waals surface area contributed by atoms with E-state index in [2.05, 4.69) is 19.2 Å². The van der Waals surface area contributed by atoms with Crippen molar-refractivity contribution in [3.63, 3.8) is 0 Å². The smallest absolute Gasteiger partial charge is 0.0783 e. The Morgan fingerprint density at radius 1 is 1.26 bits per heavy atom. The monoisotopic (exact) mass is 323 g/mol. The molecule has 0 bridgehead atoms. The molecule has 2 N–H and O–H groups in total. The Balaban J connectivity index is 2.47. The minimum atomic E-state index is -1.28. The van der Waals surface area contributed by atoms with Crippen LogP contribution in [0.1, 0.15) is 13.8 Å². The Morgan fingerprint density at radius 2 is 1.95 bits per heavy atom. The molecule has 3 nitrogen and oxygen atoms in total. The average Bonchev–Trinajstić information content (AvgIpc) is 2.32. The highest BCUT2D eigenvalue weighted by Crippen LogP contribution is 2.24. The summed E-state index contributed by atoms with van der Waals surface area (Å²) in [6.07, 6.45) is -0.644. The molecule has 0 fully saturated rings. The predicted molar refractivity (Wildman–Crippen MR) is 81.5 cm³/mol. The molecule has 2 unspecified atom stereocenters. The van der Waals surface area contributed by atoms with Crippen LogP contribution in [0.2, 0.25) is 10.0 Å². The first-order valence-corrected chi connectivity index (χ1v) is 8.20. The van der Waals surface area contributed by atoms with Crippen LogP contribution >= 0.6 is 23.2 Å². The number of aliphatic hydroxyl groups is 1. The Bertz CT molecular complexity index is 441. The molecular weight excluding hydrogens is 305 g/mol. The second-order valence-corrected chi connectivity index (χ2v) is 7.10. The van der Waals surface area contributed by atoms with Crippen LogP contribution in [0.15, 0.2) is 23.1 Å². The summed E-state index contributed by atoms with van der Waals surface area (Å²) in [6.45, 7) is 5.45. The second-order valence-electron chi connectivity index (χ2n) is 4.79. The predicted octanol–water partition coefficient (Wildman–Crippen LogP) is 2.71. The van der Waals surface area contributed by atoms with Gasteiger partial charge in [-0.25, -0.2) is 0 Å². The highest BCUT2D eigenvalue weighted by molar-refractivity contribution is 7.85. The molecule has 0 aliphatic carbocycles. The number of benzene rings is 1. The summed E-state index contributed by atoms with van der Waals surface area (Å²) in [5.74, 6) is 0.705. The van der Waals surface area contributed by atoms with Crippen LogP contribution in [0.4, 0.5) is 0 Å². The molecule has 0 spiro atoms. The topological polar surface area (TPSA) is 49.3 Å². The van der Waals surface area contributed by atoms with Gasteiger partial charge >= 0.3 is 0 Å². The highest BCUT2D eigenvalue weighted by Gasteiger charge is 2.12. The van der Waals surface area contributed by atoms with Crippen molar-refractivity contribution in [3.05, 3.63) is 28.2 Å². The molecular formula is C13H19Cl2NO2S. The van der Waals surface area contributed by atoms with E-state index in [-0.39, 0.29) is 5.75 Å². The number of hydrogen-bond acceptors (Lipinski definition) is 3. The van der Waals surface area contributed by atoms with Crippen LogP contribution in [-0.2, 0) is 10.8 Å². The van der Waals surface area contributed by atoms with E-state index in [1.165, 1.54) is 0 Å². The molecule has 108 valence electrons. The van der Waals surface area contributed by atoms with Gasteiger partial charge in [0, 0.05) is 11.4 Å². The van der Waals surface area contributed by atoms with Crippen LogP contribution in [0.25, 0.3) is 0 Å². The van der Waals surface area contributed by atoms with Crippen LogP contribution in [0.5, 0.6) is 0 Å². The zero-order chi connectivity index (χ0) is 14.4. The summed E-state index contributed by atoms with van der Waals surface area (Å²) in [4.78, 5) is 0.581. The van der Waals surface area contributed by atoms with Crippen molar-refractivity contribution in [2.24, 2.45) is 5.92 Å². The lowest BCUT2D eigenvalue weighted by Gasteiger charge is -2.13. The summed E-state index contributed by atoms with van der Waals surface area (Å²) in [7, 11) is -1.28. The molecule has 0 aliphatic heterocycles. The quantitative estimate of drug-likeness (QED) is 0.811. The molecule has 0 radical (unpaired) electrons. The number of aliphatic hydroxyl groups excluding tert-OH is 1.